The van der Waals surface area contributed by atoms with Crippen molar-refractivity contribution in [2.45, 2.75) is 19.8 Å². The number of hydrogen-bond donors (Lipinski definition) is 1. The van der Waals surface area contributed by atoms with Crippen LogP contribution in [0.4, 0.5) is 11.4 Å². The first-order valence-electron chi connectivity index (χ1n) is 5.79. The zero-order valence-electron chi connectivity index (χ0n) is 10.7. The van der Waals surface area contributed by atoms with E-state index in [-0.39, 0.29) is 5.97 Å². The molecule has 1 rings (SSSR count). The number of nitrogen functional groups attached to an aromatic ring is 1. The molecule has 94 valence electrons. The Bertz CT molecular complexity index is 391. The number of unbranched alkanes of at least 4 members (excludes halogenated alkanes) is 1. The summed E-state index contributed by atoms with van der Waals surface area (Å²) in [6.45, 7) is 3.00. The zero-order chi connectivity index (χ0) is 12.8. The molecule has 0 saturated carbocycles. The number of benzene rings is 1. The highest BCUT2D eigenvalue weighted by Crippen LogP contribution is 2.27. The fourth-order valence-corrected chi connectivity index (χ4v) is 1.77. The average molecular weight is 236 g/mol. The Morgan fingerprint density at radius 1 is 1.47 bits per heavy atom. The van der Waals surface area contributed by atoms with Crippen LogP contribution in [-0.4, -0.2) is 26.7 Å². The number of methoxy groups -OCH3 is 1. The van der Waals surface area contributed by atoms with Gasteiger partial charge in [0.05, 0.1) is 24.0 Å². The van der Waals surface area contributed by atoms with Crippen molar-refractivity contribution >= 4 is 17.3 Å². The summed E-state index contributed by atoms with van der Waals surface area (Å²) in [6.07, 6.45) is 2.16. The largest absolute Gasteiger partial charge is 0.465 e. The number of nitrogens with two attached hydrogens (primary N) is 1. The van der Waals surface area contributed by atoms with Crippen molar-refractivity contribution in [3.8, 4) is 0 Å². The number of esters is 1. The van der Waals surface area contributed by atoms with Gasteiger partial charge < -0.3 is 15.4 Å². The van der Waals surface area contributed by atoms with E-state index < -0.39 is 0 Å². The third-order valence-corrected chi connectivity index (χ3v) is 2.70. The van der Waals surface area contributed by atoms with Gasteiger partial charge in [-0.1, -0.05) is 19.4 Å². The minimum absolute atomic E-state index is 0.351. The van der Waals surface area contributed by atoms with Crippen LogP contribution in [0.3, 0.4) is 0 Å². The lowest BCUT2D eigenvalue weighted by Gasteiger charge is -2.23. The van der Waals surface area contributed by atoms with Gasteiger partial charge in [0, 0.05) is 13.6 Å². The first-order chi connectivity index (χ1) is 8.11. The highest BCUT2D eigenvalue weighted by molar-refractivity contribution is 5.99. The van der Waals surface area contributed by atoms with Crippen molar-refractivity contribution in [2.75, 3.05) is 31.3 Å². The molecular formula is C13H20N2O2. The van der Waals surface area contributed by atoms with Crippen molar-refractivity contribution in [3.63, 3.8) is 0 Å². The molecule has 0 unspecified atom stereocenters. The van der Waals surface area contributed by atoms with Crippen LogP contribution < -0.4 is 10.6 Å². The number of nitrogens with zero attached hydrogens (tertiary/aromatic N) is 1. The van der Waals surface area contributed by atoms with Crippen molar-refractivity contribution in [1.29, 1.82) is 0 Å². The Morgan fingerprint density at radius 3 is 2.76 bits per heavy atom. The van der Waals surface area contributed by atoms with E-state index in [2.05, 4.69) is 6.92 Å². The van der Waals surface area contributed by atoms with Gasteiger partial charge in [-0.2, -0.15) is 0 Å². The summed E-state index contributed by atoms with van der Waals surface area (Å²) < 4.78 is 4.77. The molecule has 0 spiro atoms. The van der Waals surface area contributed by atoms with Gasteiger partial charge in [0.2, 0.25) is 0 Å². The summed E-state index contributed by atoms with van der Waals surface area (Å²) in [5.74, 6) is -0.351. The Balaban J connectivity index is 3.06. The van der Waals surface area contributed by atoms with Gasteiger partial charge in [0.1, 0.15) is 0 Å². The predicted molar refractivity (Wildman–Crippen MR) is 70.4 cm³/mol. The lowest BCUT2D eigenvalue weighted by molar-refractivity contribution is 0.0601. The molecule has 4 heteroatoms. The van der Waals surface area contributed by atoms with E-state index in [1.165, 1.54) is 7.11 Å². The maximum atomic E-state index is 11.7. The molecule has 0 atom stereocenters. The van der Waals surface area contributed by atoms with Gasteiger partial charge in [0.25, 0.3) is 0 Å². The second-order valence-electron chi connectivity index (χ2n) is 4.01. The highest BCUT2D eigenvalue weighted by Gasteiger charge is 2.16. The smallest absolute Gasteiger partial charge is 0.340 e. The Labute approximate surface area is 102 Å². The minimum atomic E-state index is -0.351. The van der Waals surface area contributed by atoms with Crippen LogP contribution in [0.5, 0.6) is 0 Å². The number of carbonyl (C=O) groups excluding carboxylic acids is 1. The lowest BCUT2D eigenvalue weighted by Crippen LogP contribution is -2.22. The number of hydrogen-bond acceptors (Lipinski definition) is 4. The molecule has 4 nitrogen and oxygen atoms in total. The quantitative estimate of drug-likeness (QED) is 0.629. The molecule has 0 amide bonds. The predicted octanol–water partition coefficient (Wildman–Crippen LogP) is 2.29. The van der Waals surface area contributed by atoms with Gasteiger partial charge in [-0.15, -0.1) is 0 Å². The summed E-state index contributed by atoms with van der Waals surface area (Å²) >= 11 is 0. The summed E-state index contributed by atoms with van der Waals surface area (Å²) in [5, 5.41) is 0. The van der Waals surface area contributed by atoms with Crippen LogP contribution >= 0.6 is 0 Å². The maximum Gasteiger partial charge on any atom is 0.340 e. The van der Waals surface area contributed by atoms with Crippen molar-refractivity contribution in [3.05, 3.63) is 23.8 Å². The Morgan fingerprint density at radius 2 is 2.18 bits per heavy atom. The topological polar surface area (TPSA) is 55.6 Å². The average Bonchev–Trinajstić information content (AvgIpc) is 2.34. The monoisotopic (exact) mass is 236 g/mol. The number of anilines is 2. The summed E-state index contributed by atoms with van der Waals surface area (Å²) in [6, 6.07) is 5.29. The molecule has 1 aromatic rings. The van der Waals surface area contributed by atoms with Crippen LogP contribution in [0.2, 0.25) is 0 Å². The molecule has 2 N–H and O–H groups in total. The van der Waals surface area contributed by atoms with E-state index in [1.807, 2.05) is 11.9 Å². The van der Waals surface area contributed by atoms with Gasteiger partial charge >= 0.3 is 5.97 Å². The molecule has 0 aliphatic heterocycles. The van der Waals surface area contributed by atoms with Crippen LogP contribution in [-0.2, 0) is 4.74 Å². The van der Waals surface area contributed by atoms with Gasteiger partial charge in [-0.25, -0.2) is 4.79 Å². The first-order valence-corrected chi connectivity index (χ1v) is 5.79. The number of ether oxygens (including phenoxy) is 1. The third kappa shape index (κ3) is 3.12. The van der Waals surface area contributed by atoms with Gasteiger partial charge in [-0.3, -0.25) is 0 Å². The van der Waals surface area contributed by atoms with Crippen LogP contribution in [0.25, 0.3) is 0 Å². The third-order valence-electron chi connectivity index (χ3n) is 2.70. The SMILES string of the molecule is CCCCN(C)c1c(N)cccc1C(=O)OC. The normalized spacial score (nSPS) is 10.1. The van der Waals surface area contributed by atoms with E-state index in [4.69, 9.17) is 10.5 Å². The number of para-hydroxylation sites is 1. The molecule has 0 aliphatic carbocycles. The number of rotatable bonds is 5. The van der Waals surface area contributed by atoms with E-state index in [0.29, 0.717) is 11.3 Å². The second-order valence-corrected chi connectivity index (χ2v) is 4.01. The summed E-state index contributed by atoms with van der Waals surface area (Å²) in [5.41, 5.74) is 7.82. The fraction of sp³-hybridized carbons (Fsp3) is 0.462. The van der Waals surface area contributed by atoms with E-state index in [0.717, 1.165) is 25.1 Å². The lowest BCUT2D eigenvalue weighted by atomic mass is 10.1. The van der Waals surface area contributed by atoms with Crippen LogP contribution in [0.1, 0.15) is 30.1 Å². The maximum absolute atomic E-state index is 11.7. The van der Waals surface area contributed by atoms with Crippen LogP contribution in [0, 0.1) is 0 Å². The molecule has 0 radical (unpaired) electrons. The van der Waals surface area contributed by atoms with E-state index in [9.17, 15) is 4.79 Å². The number of carbonyl (C=O) groups is 1. The van der Waals surface area contributed by atoms with Crippen molar-refractivity contribution in [1.82, 2.24) is 0 Å². The zero-order valence-corrected chi connectivity index (χ0v) is 10.7. The molecular weight excluding hydrogens is 216 g/mol. The molecule has 17 heavy (non-hydrogen) atoms. The molecule has 0 bridgehead atoms. The van der Waals surface area contributed by atoms with Crippen molar-refractivity contribution in [2.24, 2.45) is 0 Å². The summed E-state index contributed by atoms with van der Waals surface area (Å²) in [4.78, 5) is 13.7. The molecule has 0 fully saturated rings. The summed E-state index contributed by atoms with van der Waals surface area (Å²) in [7, 11) is 3.31. The molecule has 0 heterocycles. The van der Waals surface area contributed by atoms with Crippen LogP contribution in [0.15, 0.2) is 18.2 Å². The van der Waals surface area contributed by atoms with Gasteiger partial charge in [-0.05, 0) is 18.6 Å². The first kappa shape index (κ1) is 13.4. The fourth-order valence-electron chi connectivity index (χ4n) is 1.77. The molecule has 0 aromatic heterocycles. The second kappa shape index (κ2) is 6.13. The minimum Gasteiger partial charge on any atom is -0.465 e. The Kier molecular flexibility index (Phi) is 4.82. The Hall–Kier alpha value is -1.71. The van der Waals surface area contributed by atoms with E-state index in [1.54, 1.807) is 18.2 Å². The molecule has 1 aromatic carbocycles. The highest BCUT2D eigenvalue weighted by atomic mass is 16.5. The molecule has 0 aliphatic rings. The van der Waals surface area contributed by atoms with E-state index >= 15 is 0 Å². The molecule has 0 saturated heterocycles. The van der Waals surface area contributed by atoms with Crippen molar-refractivity contribution < 1.29 is 9.53 Å². The van der Waals surface area contributed by atoms with Gasteiger partial charge in [0.15, 0.2) is 0 Å². The standard InChI is InChI=1S/C13H20N2O2/c1-4-5-9-15(2)12-10(13(16)17-3)7-6-8-11(12)14/h6-8H,4-5,9,14H2,1-3H3.